The Labute approximate surface area is 188 Å². The zero-order valence-electron chi connectivity index (χ0n) is 18.3. The Balaban J connectivity index is 0.000000575. The summed E-state index contributed by atoms with van der Waals surface area (Å²) in [5.41, 5.74) is 3.21. The number of rotatable bonds is 7. The molecular formula is C24H30Cl2N2O2. The van der Waals surface area contributed by atoms with Crippen LogP contribution in [-0.4, -0.2) is 40.0 Å². The summed E-state index contributed by atoms with van der Waals surface area (Å²) in [6.45, 7) is 12.6. The van der Waals surface area contributed by atoms with E-state index in [1.54, 1.807) is 13.8 Å². The number of aryl methyl sites for hydroxylation is 1. The van der Waals surface area contributed by atoms with E-state index in [0.29, 0.717) is 11.1 Å². The monoisotopic (exact) mass is 448 g/mol. The normalized spacial score (nSPS) is 13.0. The van der Waals surface area contributed by atoms with Crippen LogP contribution in [0.4, 0.5) is 0 Å². The van der Waals surface area contributed by atoms with Gasteiger partial charge in [-0.25, -0.2) is 0 Å². The summed E-state index contributed by atoms with van der Waals surface area (Å²) in [7, 11) is 0. The molecule has 1 aromatic heterocycles. The molecule has 0 aliphatic rings. The molecular weight excluding hydrogens is 419 g/mol. The maximum Gasteiger partial charge on any atom is 0.180 e. The van der Waals surface area contributed by atoms with Crippen molar-refractivity contribution in [2.24, 2.45) is 0 Å². The van der Waals surface area contributed by atoms with Crippen molar-refractivity contribution in [1.82, 2.24) is 9.88 Å². The highest BCUT2D eigenvalue weighted by atomic mass is 35.5. The first-order valence-corrected chi connectivity index (χ1v) is 11.3. The molecule has 0 aliphatic heterocycles. The molecule has 0 amide bonds. The van der Waals surface area contributed by atoms with Gasteiger partial charge in [0, 0.05) is 39.5 Å². The van der Waals surface area contributed by atoms with Gasteiger partial charge in [-0.1, -0.05) is 13.8 Å². The summed E-state index contributed by atoms with van der Waals surface area (Å²) in [4.78, 5) is 24.5. The molecule has 0 aliphatic carbocycles. The second-order valence-electron chi connectivity index (χ2n) is 7.13. The molecule has 4 nitrogen and oxygen atoms in total. The van der Waals surface area contributed by atoms with Gasteiger partial charge >= 0.3 is 0 Å². The molecule has 2 unspecified atom stereocenters. The Morgan fingerprint density at radius 2 is 1.23 bits per heavy atom. The molecule has 1 N–H and O–H groups in total. The van der Waals surface area contributed by atoms with Gasteiger partial charge in [0.2, 0.25) is 0 Å². The van der Waals surface area contributed by atoms with E-state index in [0.717, 1.165) is 41.4 Å². The van der Waals surface area contributed by atoms with Crippen molar-refractivity contribution >= 4 is 56.6 Å². The van der Waals surface area contributed by atoms with Gasteiger partial charge in [0.25, 0.3) is 0 Å². The molecule has 0 spiro atoms. The second-order valence-corrected chi connectivity index (χ2v) is 8.44. The number of Topliss-reactive ketones (excluding diaryl/α,β-unsaturated/α-hetero) is 2. The first-order chi connectivity index (χ1) is 14.3. The van der Waals surface area contributed by atoms with Crippen LogP contribution in [0, 0.1) is 0 Å². The molecule has 0 saturated carbocycles. The van der Waals surface area contributed by atoms with Gasteiger partial charge in [0.1, 0.15) is 0 Å². The molecule has 0 radical (unpaired) electrons. The number of hydrogen-bond acceptors (Lipinski definition) is 3. The van der Waals surface area contributed by atoms with Crippen molar-refractivity contribution in [3.8, 4) is 0 Å². The number of alkyl halides is 2. The fraction of sp³-hybridized carbons (Fsp3) is 0.417. The van der Waals surface area contributed by atoms with Gasteiger partial charge in [-0.05, 0) is 70.3 Å². The van der Waals surface area contributed by atoms with Crippen LogP contribution in [0.25, 0.3) is 21.8 Å². The first-order valence-electron chi connectivity index (χ1n) is 10.4. The fourth-order valence-electron chi connectivity index (χ4n) is 3.46. The average Bonchev–Trinajstić information content (AvgIpc) is 3.05. The van der Waals surface area contributed by atoms with E-state index in [1.165, 1.54) is 0 Å². The third-order valence-electron chi connectivity index (χ3n) is 4.97. The lowest BCUT2D eigenvalue weighted by Gasteiger charge is -2.05. The van der Waals surface area contributed by atoms with Crippen molar-refractivity contribution in [3.05, 3.63) is 47.5 Å². The van der Waals surface area contributed by atoms with E-state index >= 15 is 0 Å². The maximum atomic E-state index is 12.3. The zero-order chi connectivity index (χ0) is 22.4. The van der Waals surface area contributed by atoms with Crippen LogP contribution in [0.5, 0.6) is 0 Å². The Morgan fingerprint density at radius 1 is 0.833 bits per heavy atom. The van der Waals surface area contributed by atoms with Crippen LogP contribution in [0.1, 0.15) is 55.3 Å². The number of fused-ring (bicyclic) bond motifs is 3. The zero-order valence-corrected chi connectivity index (χ0v) is 19.8. The molecule has 30 heavy (non-hydrogen) atoms. The Hall–Kier alpha value is -1.88. The summed E-state index contributed by atoms with van der Waals surface area (Å²) in [5.74, 6) is -0.217. The van der Waals surface area contributed by atoms with Gasteiger partial charge in [-0.15, -0.1) is 23.2 Å². The largest absolute Gasteiger partial charge is 0.341 e. The molecule has 0 bridgehead atoms. The van der Waals surface area contributed by atoms with Gasteiger partial charge in [0.05, 0.1) is 10.8 Å². The first kappa shape index (κ1) is 24.4. The highest BCUT2D eigenvalue weighted by Gasteiger charge is 2.18. The van der Waals surface area contributed by atoms with E-state index in [-0.39, 0.29) is 11.6 Å². The quantitative estimate of drug-likeness (QED) is 0.353. The molecule has 2 aromatic carbocycles. The van der Waals surface area contributed by atoms with Crippen LogP contribution in [0.15, 0.2) is 36.4 Å². The van der Waals surface area contributed by atoms with E-state index in [9.17, 15) is 9.59 Å². The number of nitrogens with one attached hydrogen (secondary N) is 1. The molecule has 6 heteroatoms. The van der Waals surface area contributed by atoms with Crippen LogP contribution in [-0.2, 0) is 6.54 Å². The van der Waals surface area contributed by atoms with Crippen molar-refractivity contribution in [2.75, 3.05) is 13.1 Å². The molecule has 0 fully saturated rings. The lowest BCUT2D eigenvalue weighted by Crippen LogP contribution is -2.10. The second kappa shape index (κ2) is 10.9. The average molecular weight is 449 g/mol. The van der Waals surface area contributed by atoms with E-state index in [2.05, 4.69) is 30.7 Å². The van der Waals surface area contributed by atoms with Crippen molar-refractivity contribution in [1.29, 1.82) is 0 Å². The van der Waals surface area contributed by atoms with Gasteiger partial charge in [0.15, 0.2) is 11.6 Å². The van der Waals surface area contributed by atoms with Crippen LogP contribution in [0.2, 0.25) is 0 Å². The Bertz CT molecular complexity index is 959. The molecule has 162 valence electrons. The van der Waals surface area contributed by atoms with Crippen molar-refractivity contribution < 1.29 is 9.59 Å². The minimum atomic E-state index is -0.578. The lowest BCUT2D eigenvalue weighted by atomic mass is 10.0. The van der Waals surface area contributed by atoms with Gasteiger partial charge in [-0.2, -0.15) is 0 Å². The number of nitrogens with zero attached hydrogens (tertiary/aromatic N) is 1. The van der Waals surface area contributed by atoms with Gasteiger partial charge < -0.3 is 9.88 Å². The van der Waals surface area contributed by atoms with Crippen LogP contribution in [0.3, 0.4) is 0 Å². The summed E-state index contributed by atoms with van der Waals surface area (Å²) in [6.07, 6.45) is 0. The predicted octanol–water partition coefficient (Wildman–Crippen LogP) is 6.05. The number of benzene rings is 2. The summed E-state index contributed by atoms with van der Waals surface area (Å²) < 4.78 is 2.17. The lowest BCUT2D eigenvalue weighted by molar-refractivity contribution is 0.0984. The van der Waals surface area contributed by atoms with E-state index in [1.807, 2.05) is 36.4 Å². The molecule has 1 heterocycles. The summed E-state index contributed by atoms with van der Waals surface area (Å²) >= 11 is 11.9. The molecule has 3 aromatic rings. The Morgan fingerprint density at radius 3 is 1.50 bits per heavy atom. The highest BCUT2D eigenvalue weighted by Crippen LogP contribution is 2.31. The Kier molecular flexibility index (Phi) is 8.90. The summed E-state index contributed by atoms with van der Waals surface area (Å²) in [6, 6.07) is 11.2. The maximum absolute atomic E-state index is 12.3. The van der Waals surface area contributed by atoms with Gasteiger partial charge in [-0.3, -0.25) is 9.59 Å². The molecule has 3 rings (SSSR count). The number of carbonyl (C=O) groups is 2. The topological polar surface area (TPSA) is 51.1 Å². The smallest absolute Gasteiger partial charge is 0.180 e. The SMILES string of the molecule is CCNCC.CCn1c2ccc(C(=O)C(C)Cl)cc2c2cc(C(=O)C(C)Cl)ccc21. The number of carbonyl (C=O) groups excluding carboxylic acids is 2. The van der Waals surface area contributed by atoms with E-state index in [4.69, 9.17) is 23.2 Å². The third-order valence-corrected chi connectivity index (χ3v) is 5.37. The third kappa shape index (κ3) is 5.23. The van der Waals surface area contributed by atoms with Crippen LogP contribution >= 0.6 is 23.2 Å². The van der Waals surface area contributed by atoms with Crippen molar-refractivity contribution in [3.63, 3.8) is 0 Å². The molecule has 2 atom stereocenters. The number of aromatic nitrogens is 1. The minimum absolute atomic E-state index is 0.109. The standard InChI is InChI=1S/C20H19Cl2NO2.C4H11N/c1-4-23-17-7-5-13(19(24)11(2)21)9-15(17)16-10-14(6-8-18(16)23)20(25)12(3)22;1-3-5-4-2/h5-12H,4H2,1-3H3;5H,3-4H2,1-2H3. The minimum Gasteiger partial charge on any atom is -0.341 e. The number of ketones is 2. The fourth-order valence-corrected chi connectivity index (χ4v) is 3.71. The highest BCUT2D eigenvalue weighted by molar-refractivity contribution is 6.34. The number of hydrogen-bond donors (Lipinski definition) is 1. The van der Waals surface area contributed by atoms with E-state index < -0.39 is 10.8 Å². The number of halogens is 2. The molecule has 0 saturated heterocycles. The van der Waals surface area contributed by atoms with Crippen molar-refractivity contribution in [2.45, 2.75) is 51.9 Å². The van der Waals surface area contributed by atoms with Crippen LogP contribution < -0.4 is 5.32 Å². The summed E-state index contributed by atoms with van der Waals surface area (Å²) in [5, 5.41) is 3.84. The predicted molar refractivity (Wildman–Crippen MR) is 129 cm³/mol.